The molecule has 3 rings (SSSR count). The molecule has 0 amide bonds. The number of anilines is 2. The summed E-state index contributed by atoms with van der Waals surface area (Å²) < 4.78 is 73.7. The van der Waals surface area contributed by atoms with Gasteiger partial charge in [0.2, 0.25) is 10.0 Å². The van der Waals surface area contributed by atoms with Crippen molar-refractivity contribution >= 4 is 45.8 Å². The Kier molecular flexibility index (Phi) is 5.17. The zero-order valence-corrected chi connectivity index (χ0v) is 16.3. The first kappa shape index (κ1) is 20.0. The summed E-state index contributed by atoms with van der Waals surface area (Å²) in [6.45, 7) is 0.216. The summed E-state index contributed by atoms with van der Waals surface area (Å²) in [5.41, 5.74) is -0.844. The number of thiol groups is 1. The molecule has 0 aliphatic carbocycles. The fraction of sp³-hybridized carbons (Fsp3) is 0.250. The third-order valence-corrected chi connectivity index (χ3v) is 5.73. The van der Waals surface area contributed by atoms with Crippen LogP contribution in [0.1, 0.15) is 5.56 Å². The number of sulfonamides is 1. The molecule has 0 saturated carbocycles. The van der Waals surface area contributed by atoms with E-state index in [-0.39, 0.29) is 46.4 Å². The third-order valence-electron chi connectivity index (χ3n) is 3.99. The molecule has 27 heavy (non-hydrogen) atoms. The van der Waals surface area contributed by atoms with Gasteiger partial charge >= 0.3 is 6.18 Å². The molecule has 0 radical (unpaired) electrons. The van der Waals surface area contributed by atoms with Gasteiger partial charge in [0.25, 0.3) is 0 Å². The van der Waals surface area contributed by atoms with Crippen LogP contribution < -0.4 is 13.8 Å². The van der Waals surface area contributed by atoms with Crippen molar-refractivity contribution in [2.75, 3.05) is 28.4 Å². The molecule has 0 spiro atoms. The van der Waals surface area contributed by atoms with Gasteiger partial charge in [0.1, 0.15) is 12.4 Å². The molecule has 0 fully saturated rings. The monoisotopic (exact) mass is 438 g/mol. The Bertz CT molecular complexity index is 997. The van der Waals surface area contributed by atoms with Crippen LogP contribution in [-0.4, -0.2) is 27.8 Å². The van der Waals surface area contributed by atoms with Crippen LogP contribution in [0.25, 0.3) is 11.1 Å². The van der Waals surface area contributed by atoms with Crippen molar-refractivity contribution in [3.63, 3.8) is 0 Å². The van der Waals surface area contributed by atoms with Gasteiger partial charge in [-0.2, -0.15) is 13.2 Å². The van der Waals surface area contributed by atoms with E-state index in [2.05, 4.69) is 17.5 Å². The summed E-state index contributed by atoms with van der Waals surface area (Å²) in [5.74, 6) is 0.272. The Balaban J connectivity index is 2.24. The largest absolute Gasteiger partial charge is 0.489 e. The van der Waals surface area contributed by atoms with Gasteiger partial charge in [-0.25, -0.2) is 8.42 Å². The van der Waals surface area contributed by atoms with Gasteiger partial charge in [-0.3, -0.25) is 4.31 Å². The molecule has 0 unspecified atom stereocenters. The van der Waals surface area contributed by atoms with Gasteiger partial charge in [-0.05, 0) is 29.8 Å². The maximum absolute atomic E-state index is 13.6. The minimum absolute atomic E-state index is 0.0671. The number of ether oxygens (including phenoxy) is 1. The quantitative estimate of drug-likeness (QED) is 0.695. The number of halogens is 4. The van der Waals surface area contributed by atoms with Gasteiger partial charge in [-0.1, -0.05) is 30.5 Å². The number of hydrogen-bond acceptors (Lipinski definition) is 5. The SMILES string of the molecule is CS(=O)(=O)N1CCOc2ccc(-c3c(Cl)cc(NS)cc3C(F)(F)F)cc21. The first-order chi connectivity index (χ1) is 12.5. The maximum Gasteiger partial charge on any atom is 0.417 e. The van der Waals surface area contributed by atoms with Crippen molar-refractivity contribution < 1.29 is 26.3 Å². The topological polar surface area (TPSA) is 58.6 Å². The maximum atomic E-state index is 13.6. The summed E-state index contributed by atoms with van der Waals surface area (Å²) in [6.07, 6.45) is -3.65. The second kappa shape index (κ2) is 6.99. The predicted octanol–water partition coefficient (Wildman–Crippen LogP) is 4.44. The van der Waals surface area contributed by atoms with E-state index in [1.54, 1.807) is 0 Å². The summed E-state index contributed by atoms with van der Waals surface area (Å²) in [5, 5.41) is -0.149. The highest BCUT2D eigenvalue weighted by Gasteiger charge is 2.36. The number of benzene rings is 2. The van der Waals surface area contributed by atoms with Crippen molar-refractivity contribution in [3.8, 4) is 16.9 Å². The minimum Gasteiger partial charge on any atom is -0.489 e. The molecule has 5 nitrogen and oxygen atoms in total. The number of alkyl halides is 3. The lowest BCUT2D eigenvalue weighted by atomic mass is 9.97. The van der Waals surface area contributed by atoms with Crippen LogP contribution >= 0.6 is 24.4 Å². The van der Waals surface area contributed by atoms with Crippen LogP contribution in [-0.2, 0) is 16.2 Å². The lowest BCUT2D eigenvalue weighted by Gasteiger charge is -2.30. The van der Waals surface area contributed by atoms with E-state index in [0.29, 0.717) is 0 Å². The summed E-state index contributed by atoms with van der Waals surface area (Å²) >= 11 is 9.89. The van der Waals surface area contributed by atoms with E-state index in [0.717, 1.165) is 16.6 Å². The second-order valence-corrected chi connectivity index (χ2v) is 8.39. The van der Waals surface area contributed by atoms with Crippen LogP contribution in [0.5, 0.6) is 5.75 Å². The smallest absolute Gasteiger partial charge is 0.417 e. The molecule has 0 aromatic heterocycles. The van der Waals surface area contributed by atoms with Crippen LogP contribution in [0.3, 0.4) is 0 Å². The Morgan fingerprint density at radius 2 is 1.96 bits per heavy atom. The fourth-order valence-corrected chi connectivity index (χ4v) is 4.25. The number of hydrogen-bond donors (Lipinski definition) is 2. The van der Waals surface area contributed by atoms with E-state index < -0.39 is 21.8 Å². The predicted molar refractivity (Wildman–Crippen MR) is 102 cm³/mol. The highest BCUT2D eigenvalue weighted by Crippen LogP contribution is 2.45. The van der Waals surface area contributed by atoms with E-state index >= 15 is 0 Å². The average Bonchev–Trinajstić information content (AvgIpc) is 2.58. The number of nitrogens with one attached hydrogen (secondary N) is 1. The molecule has 0 saturated heterocycles. The normalized spacial score (nSPS) is 14.5. The van der Waals surface area contributed by atoms with Crippen molar-refractivity contribution in [1.29, 1.82) is 0 Å². The van der Waals surface area contributed by atoms with Crippen LogP contribution in [0.2, 0.25) is 5.02 Å². The molecule has 1 heterocycles. The van der Waals surface area contributed by atoms with Crippen LogP contribution in [0, 0.1) is 0 Å². The third kappa shape index (κ3) is 3.92. The molecule has 146 valence electrons. The highest BCUT2D eigenvalue weighted by atomic mass is 35.5. The fourth-order valence-electron chi connectivity index (χ4n) is 2.88. The van der Waals surface area contributed by atoms with E-state index in [9.17, 15) is 21.6 Å². The van der Waals surface area contributed by atoms with Crippen LogP contribution in [0.15, 0.2) is 30.3 Å². The van der Waals surface area contributed by atoms with Crippen molar-refractivity contribution in [1.82, 2.24) is 0 Å². The molecule has 1 N–H and O–H groups in total. The summed E-state index contributed by atoms with van der Waals surface area (Å²) in [6, 6.07) is 6.37. The molecule has 0 atom stereocenters. The lowest BCUT2D eigenvalue weighted by Crippen LogP contribution is -2.37. The van der Waals surface area contributed by atoms with Gasteiger partial charge < -0.3 is 9.46 Å². The molecular formula is C16H14ClF3N2O3S2. The van der Waals surface area contributed by atoms with E-state index in [4.69, 9.17) is 16.3 Å². The first-order valence-electron chi connectivity index (χ1n) is 7.58. The molecular weight excluding hydrogens is 425 g/mol. The van der Waals surface area contributed by atoms with Gasteiger partial charge in [0, 0.05) is 11.3 Å². The molecule has 2 aromatic rings. The second-order valence-electron chi connectivity index (χ2n) is 5.86. The van der Waals surface area contributed by atoms with Crippen LogP contribution in [0.4, 0.5) is 24.5 Å². The number of nitrogens with zero attached hydrogens (tertiary/aromatic N) is 1. The zero-order chi connectivity index (χ0) is 20.0. The van der Waals surface area contributed by atoms with Crippen molar-refractivity contribution in [2.24, 2.45) is 0 Å². The zero-order valence-electron chi connectivity index (χ0n) is 13.8. The molecule has 11 heteroatoms. The summed E-state index contributed by atoms with van der Waals surface area (Å²) in [7, 11) is -3.62. The molecule has 1 aliphatic heterocycles. The average molecular weight is 439 g/mol. The summed E-state index contributed by atoms with van der Waals surface area (Å²) in [4.78, 5) is 0. The van der Waals surface area contributed by atoms with Gasteiger partial charge in [0.15, 0.2) is 0 Å². The Hall–Kier alpha value is -1.78. The van der Waals surface area contributed by atoms with Gasteiger partial charge in [0.05, 0.1) is 29.1 Å². The Morgan fingerprint density at radius 3 is 2.56 bits per heavy atom. The van der Waals surface area contributed by atoms with Crippen molar-refractivity contribution in [3.05, 3.63) is 40.9 Å². The molecule has 0 bridgehead atoms. The number of rotatable bonds is 3. The van der Waals surface area contributed by atoms with Gasteiger partial charge in [-0.15, -0.1) is 0 Å². The Labute approximate surface area is 164 Å². The lowest BCUT2D eigenvalue weighted by molar-refractivity contribution is -0.137. The molecule has 1 aliphatic rings. The first-order valence-corrected chi connectivity index (χ1v) is 10.3. The van der Waals surface area contributed by atoms with E-state index in [1.807, 2.05) is 0 Å². The Morgan fingerprint density at radius 1 is 1.26 bits per heavy atom. The highest BCUT2D eigenvalue weighted by molar-refractivity contribution is 7.92. The number of fused-ring (bicyclic) bond motifs is 1. The molecule has 2 aromatic carbocycles. The minimum atomic E-state index is -4.68. The van der Waals surface area contributed by atoms with E-state index in [1.165, 1.54) is 24.3 Å². The van der Waals surface area contributed by atoms with Crippen molar-refractivity contribution in [2.45, 2.75) is 6.18 Å². The standard InChI is InChI=1S/C16H14ClF3N2O3S2/c1-27(23,24)22-4-5-25-14-3-2-9(6-13(14)22)15-11(16(18,19)20)7-10(21-26)8-12(15)17/h2-3,6-8,21,26H,4-5H2,1H3.